The molecule has 0 spiro atoms. The Balaban J connectivity index is 0.000000251. The number of para-hydroxylation sites is 1. The highest BCUT2D eigenvalue weighted by molar-refractivity contribution is 5.91. The van der Waals surface area contributed by atoms with Crippen molar-refractivity contribution in [1.82, 2.24) is 4.90 Å². The minimum absolute atomic E-state index is 0.0773. The second-order valence-electron chi connectivity index (χ2n) is 5.69. The van der Waals surface area contributed by atoms with Gasteiger partial charge in [-0.05, 0) is 26.0 Å². The molecule has 0 radical (unpaired) electrons. The van der Waals surface area contributed by atoms with Gasteiger partial charge in [-0.25, -0.2) is 4.79 Å². The van der Waals surface area contributed by atoms with Crippen LogP contribution in [-0.2, 0) is 9.53 Å². The Morgan fingerprint density at radius 2 is 1.84 bits per heavy atom. The fourth-order valence-corrected chi connectivity index (χ4v) is 1.79. The predicted octanol–water partition coefficient (Wildman–Crippen LogP) is 0.455. The molecular formula is C16H25N5O4. The first-order valence-electron chi connectivity index (χ1n) is 7.70. The van der Waals surface area contributed by atoms with Gasteiger partial charge in [0.1, 0.15) is 5.75 Å². The highest BCUT2D eigenvalue weighted by Gasteiger charge is 2.29. The highest BCUT2D eigenvalue weighted by atomic mass is 16.5. The molecule has 1 aromatic rings. The normalized spacial score (nSPS) is 13.9. The van der Waals surface area contributed by atoms with Crippen LogP contribution in [0, 0.1) is 5.41 Å². The molecule has 0 amide bonds. The highest BCUT2D eigenvalue weighted by Crippen LogP contribution is 2.17. The number of ether oxygens (including phenoxy) is 2. The summed E-state index contributed by atoms with van der Waals surface area (Å²) < 4.78 is 10.4. The van der Waals surface area contributed by atoms with E-state index in [0.717, 1.165) is 0 Å². The van der Waals surface area contributed by atoms with Crippen LogP contribution in [0.2, 0.25) is 0 Å². The van der Waals surface area contributed by atoms with E-state index >= 15 is 0 Å². The molecule has 1 aliphatic heterocycles. The maximum Gasteiger partial charge on any atom is 0.347 e. The lowest BCUT2D eigenvalue weighted by Gasteiger charge is -2.26. The van der Waals surface area contributed by atoms with Crippen LogP contribution < -0.4 is 16.2 Å². The zero-order valence-corrected chi connectivity index (χ0v) is 14.4. The van der Waals surface area contributed by atoms with E-state index in [-0.39, 0.29) is 11.9 Å². The van der Waals surface area contributed by atoms with Gasteiger partial charge in [0.25, 0.3) is 0 Å². The molecule has 6 N–H and O–H groups in total. The topological polar surface area (TPSA) is 147 Å². The zero-order valence-electron chi connectivity index (χ0n) is 14.4. The largest absolute Gasteiger partial charge is 0.478 e. The van der Waals surface area contributed by atoms with Gasteiger partial charge >= 0.3 is 5.97 Å². The van der Waals surface area contributed by atoms with Crippen molar-refractivity contribution < 1.29 is 19.4 Å². The lowest BCUT2D eigenvalue weighted by atomic mass is 10.1. The lowest BCUT2D eigenvalue weighted by molar-refractivity contribution is -0.152. The van der Waals surface area contributed by atoms with E-state index in [1.807, 2.05) is 6.07 Å². The Hall–Kier alpha value is -2.81. The first-order chi connectivity index (χ1) is 11.7. The van der Waals surface area contributed by atoms with Crippen LogP contribution in [0.4, 0.5) is 0 Å². The van der Waals surface area contributed by atoms with E-state index in [0.29, 0.717) is 32.1 Å². The molecule has 0 aliphatic carbocycles. The molecule has 1 fully saturated rings. The molecule has 9 nitrogen and oxygen atoms in total. The molecule has 1 heterocycles. The smallest absolute Gasteiger partial charge is 0.347 e. The summed E-state index contributed by atoms with van der Waals surface area (Å²) in [6, 6.07) is 8.90. The number of carboxylic acid groups (broad SMARTS) is 1. The number of carbonyl (C=O) groups is 1. The number of aliphatic imine (C=N–C) groups is 1. The van der Waals surface area contributed by atoms with E-state index in [1.54, 1.807) is 29.2 Å². The first kappa shape index (κ1) is 20.2. The Bertz CT molecular complexity index is 594. The van der Waals surface area contributed by atoms with Gasteiger partial charge in [-0.15, -0.1) is 0 Å². The van der Waals surface area contributed by atoms with Crippen molar-refractivity contribution in [3.05, 3.63) is 30.3 Å². The van der Waals surface area contributed by atoms with E-state index < -0.39 is 11.6 Å². The quantitative estimate of drug-likeness (QED) is 0.456. The van der Waals surface area contributed by atoms with Gasteiger partial charge in [0.15, 0.2) is 11.6 Å². The number of benzene rings is 1. The van der Waals surface area contributed by atoms with E-state index in [9.17, 15) is 4.79 Å². The third kappa shape index (κ3) is 7.53. The molecule has 0 unspecified atom stereocenters. The summed E-state index contributed by atoms with van der Waals surface area (Å²) in [6.45, 7) is 5.64. The van der Waals surface area contributed by atoms with E-state index in [2.05, 4.69) is 4.99 Å². The summed E-state index contributed by atoms with van der Waals surface area (Å²) >= 11 is 0. The van der Waals surface area contributed by atoms with Crippen LogP contribution in [-0.4, -0.2) is 59.8 Å². The summed E-state index contributed by atoms with van der Waals surface area (Å²) in [4.78, 5) is 16.1. The number of aliphatic carboxylic acids is 1. The average Bonchev–Trinajstić information content (AvgIpc) is 2.56. The summed E-state index contributed by atoms with van der Waals surface area (Å²) in [5.41, 5.74) is 9.08. The van der Waals surface area contributed by atoms with Crippen molar-refractivity contribution in [2.75, 3.05) is 26.3 Å². The molecule has 0 saturated carbocycles. The summed E-state index contributed by atoms with van der Waals surface area (Å²) in [5, 5.41) is 16.2. The molecule has 0 atom stereocenters. The van der Waals surface area contributed by atoms with Gasteiger partial charge < -0.3 is 30.9 Å². The number of nitrogens with zero attached hydrogens (tertiary/aromatic N) is 2. The number of guanidine groups is 2. The molecular weight excluding hydrogens is 326 g/mol. The number of rotatable bonds is 3. The standard InChI is InChI=1S/C10H12O3.C6H13N5O/c1-10(2,9(11)12)13-8-6-4-3-5-7-8;7-5(8)10-6(9)11-1-3-12-4-2-11/h3-7H,1-2H3,(H,11,12);1-4H2,(H5,7,8,9,10). The third-order valence-corrected chi connectivity index (χ3v) is 3.18. The van der Waals surface area contributed by atoms with E-state index in [1.165, 1.54) is 13.8 Å². The van der Waals surface area contributed by atoms with Crippen molar-refractivity contribution in [3.8, 4) is 5.75 Å². The molecule has 0 aromatic heterocycles. The molecule has 1 saturated heterocycles. The Labute approximate surface area is 146 Å². The van der Waals surface area contributed by atoms with Gasteiger partial charge in [-0.1, -0.05) is 18.2 Å². The molecule has 25 heavy (non-hydrogen) atoms. The Morgan fingerprint density at radius 1 is 1.28 bits per heavy atom. The SMILES string of the molecule is CC(C)(Oc1ccccc1)C(=O)O.N=C(N=C(N)N)N1CCOCC1. The number of hydrogen-bond acceptors (Lipinski definition) is 4. The van der Waals surface area contributed by atoms with Gasteiger partial charge in [-0.3, -0.25) is 5.41 Å². The first-order valence-corrected chi connectivity index (χ1v) is 7.70. The van der Waals surface area contributed by atoms with Crippen molar-refractivity contribution in [1.29, 1.82) is 5.41 Å². The van der Waals surface area contributed by atoms with Gasteiger partial charge in [0.05, 0.1) is 13.2 Å². The minimum atomic E-state index is -1.18. The van der Waals surface area contributed by atoms with Gasteiger partial charge in [0, 0.05) is 13.1 Å². The molecule has 1 aliphatic rings. The number of nitrogens with two attached hydrogens (primary N) is 2. The van der Waals surface area contributed by atoms with Crippen LogP contribution in [0.3, 0.4) is 0 Å². The van der Waals surface area contributed by atoms with Crippen LogP contribution in [0.15, 0.2) is 35.3 Å². The van der Waals surface area contributed by atoms with Crippen molar-refractivity contribution in [2.24, 2.45) is 16.5 Å². The number of carboxylic acids is 1. The number of nitrogens with one attached hydrogen (secondary N) is 1. The van der Waals surface area contributed by atoms with E-state index in [4.69, 9.17) is 31.5 Å². The lowest BCUT2D eigenvalue weighted by Crippen LogP contribution is -2.41. The van der Waals surface area contributed by atoms with Crippen LogP contribution >= 0.6 is 0 Å². The average molecular weight is 351 g/mol. The monoisotopic (exact) mass is 351 g/mol. The predicted molar refractivity (Wildman–Crippen MR) is 94.7 cm³/mol. The van der Waals surface area contributed by atoms with Gasteiger partial charge in [0.2, 0.25) is 5.96 Å². The second kappa shape index (κ2) is 9.48. The molecule has 2 rings (SSSR count). The second-order valence-corrected chi connectivity index (χ2v) is 5.69. The molecule has 0 bridgehead atoms. The Kier molecular flexibility index (Phi) is 7.67. The van der Waals surface area contributed by atoms with Gasteiger partial charge in [-0.2, -0.15) is 4.99 Å². The number of morpholine rings is 1. The van der Waals surface area contributed by atoms with Crippen LogP contribution in [0.25, 0.3) is 0 Å². The summed E-state index contributed by atoms with van der Waals surface area (Å²) in [6.07, 6.45) is 0. The number of hydrogen-bond donors (Lipinski definition) is 4. The van der Waals surface area contributed by atoms with Crippen molar-refractivity contribution in [2.45, 2.75) is 19.4 Å². The fourth-order valence-electron chi connectivity index (χ4n) is 1.79. The zero-order chi connectivity index (χ0) is 18.9. The van der Waals surface area contributed by atoms with Crippen molar-refractivity contribution >= 4 is 17.9 Å². The Morgan fingerprint density at radius 3 is 2.32 bits per heavy atom. The molecule has 138 valence electrons. The minimum Gasteiger partial charge on any atom is -0.478 e. The van der Waals surface area contributed by atoms with Crippen LogP contribution in [0.5, 0.6) is 5.75 Å². The van der Waals surface area contributed by atoms with Crippen molar-refractivity contribution in [3.63, 3.8) is 0 Å². The third-order valence-electron chi connectivity index (χ3n) is 3.18. The molecule has 9 heteroatoms. The summed E-state index contributed by atoms with van der Waals surface area (Å²) in [5.74, 6) is -0.379. The maximum atomic E-state index is 10.7. The fraction of sp³-hybridized carbons (Fsp3) is 0.438. The maximum absolute atomic E-state index is 10.7. The van der Waals surface area contributed by atoms with Crippen LogP contribution in [0.1, 0.15) is 13.8 Å². The summed E-state index contributed by atoms with van der Waals surface area (Å²) in [7, 11) is 0. The molecule has 1 aromatic carbocycles.